The second-order valence-corrected chi connectivity index (χ2v) is 4.31. The van der Waals surface area contributed by atoms with E-state index in [0.717, 1.165) is 26.1 Å². The van der Waals surface area contributed by atoms with Crippen LogP contribution >= 0.6 is 24.8 Å². The summed E-state index contributed by atoms with van der Waals surface area (Å²) in [6.45, 7) is 7.97. The number of benzene rings is 1. The number of anilines is 1. The van der Waals surface area contributed by atoms with Crippen LogP contribution in [0.5, 0.6) is 0 Å². The molecule has 0 bridgehead atoms. The monoisotopic (exact) mass is 321 g/mol. The largest absolute Gasteiger partial charge is 0.399 e. The molecule has 0 aliphatic rings. The zero-order chi connectivity index (χ0) is 13.4. The van der Waals surface area contributed by atoms with Gasteiger partial charge in [-0.25, -0.2) is 0 Å². The van der Waals surface area contributed by atoms with Crippen molar-refractivity contribution in [1.29, 1.82) is 0 Å². The molecule has 116 valence electrons. The van der Waals surface area contributed by atoms with Gasteiger partial charge in [0, 0.05) is 24.3 Å². The van der Waals surface area contributed by atoms with Crippen LogP contribution in [0.15, 0.2) is 24.3 Å². The molecular formula is C14H25Cl2N3O. The molecule has 0 radical (unpaired) electrons. The topological polar surface area (TPSA) is 58.4 Å². The van der Waals surface area contributed by atoms with E-state index in [1.165, 1.54) is 0 Å². The smallest absolute Gasteiger partial charge is 0.251 e. The molecule has 0 heterocycles. The van der Waals surface area contributed by atoms with Crippen molar-refractivity contribution in [1.82, 2.24) is 10.2 Å². The van der Waals surface area contributed by atoms with Crippen molar-refractivity contribution in [2.45, 2.75) is 20.3 Å². The van der Waals surface area contributed by atoms with Gasteiger partial charge in [0.1, 0.15) is 0 Å². The highest BCUT2D eigenvalue weighted by molar-refractivity contribution is 5.94. The summed E-state index contributed by atoms with van der Waals surface area (Å²) in [4.78, 5) is 14.1. The summed E-state index contributed by atoms with van der Waals surface area (Å²) >= 11 is 0. The summed E-state index contributed by atoms with van der Waals surface area (Å²) in [5, 5.41) is 2.92. The Hall–Kier alpha value is -0.970. The van der Waals surface area contributed by atoms with E-state index in [-0.39, 0.29) is 30.7 Å². The molecule has 6 heteroatoms. The lowest BCUT2D eigenvalue weighted by Crippen LogP contribution is -2.35. The number of hydrogen-bond acceptors (Lipinski definition) is 3. The summed E-state index contributed by atoms with van der Waals surface area (Å²) in [7, 11) is 0. The van der Waals surface area contributed by atoms with Crippen molar-refractivity contribution < 1.29 is 4.79 Å². The Balaban J connectivity index is 0. The molecule has 4 nitrogen and oxygen atoms in total. The molecule has 0 aliphatic carbocycles. The molecule has 0 fully saturated rings. The van der Waals surface area contributed by atoms with Crippen LogP contribution in [0.25, 0.3) is 0 Å². The lowest BCUT2D eigenvalue weighted by atomic mass is 10.2. The number of rotatable bonds is 7. The van der Waals surface area contributed by atoms with E-state index in [1.807, 2.05) is 0 Å². The van der Waals surface area contributed by atoms with E-state index in [0.29, 0.717) is 17.8 Å². The van der Waals surface area contributed by atoms with E-state index >= 15 is 0 Å². The fourth-order valence-corrected chi connectivity index (χ4v) is 1.81. The van der Waals surface area contributed by atoms with Crippen molar-refractivity contribution in [3.05, 3.63) is 29.8 Å². The third-order valence-electron chi connectivity index (χ3n) is 2.87. The molecule has 3 N–H and O–H groups in total. The van der Waals surface area contributed by atoms with Gasteiger partial charge in [-0.3, -0.25) is 4.79 Å². The summed E-state index contributed by atoms with van der Waals surface area (Å²) < 4.78 is 0. The molecular weight excluding hydrogens is 297 g/mol. The van der Waals surface area contributed by atoms with E-state index in [2.05, 4.69) is 24.1 Å². The summed E-state index contributed by atoms with van der Waals surface area (Å²) in [5.41, 5.74) is 6.91. The summed E-state index contributed by atoms with van der Waals surface area (Å²) in [6, 6.07) is 6.97. The molecule has 0 aromatic heterocycles. The Morgan fingerprint density at radius 2 is 1.75 bits per heavy atom. The second kappa shape index (κ2) is 11.8. The van der Waals surface area contributed by atoms with Gasteiger partial charge in [0.2, 0.25) is 0 Å². The van der Waals surface area contributed by atoms with Crippen molar-refractivity contribution in [2.75, 3.05) is 31.9 Å². The van der Waals surface area contributed by atoms with Gasteiger partial charge >= 0.3 is 0 Å². The molecule has 0 aliphatic heterocycles. The SMILES string of the molecule is CCCN(CC)CCNC(=O)c1ccc(N)cc1.Cl.Cl. The first kappa shape index (κ1) is 21.3. The highest BCUT2D eigenvalue weighted by atomic mass is 35.5. The first-order valence-electron chi connectivity index (χ1n) is 6.53. The number of amides is 1. The molecule has 1 rings (SSSR count). The van der Waals surface area contributed by atoms with Crippen LogP contribution in [-0.2, 0) is 0 Å². The van der Waals surface area contributed by atoms with Gasteiger partial charge in [-0.05, 0) is 43.8 Å². The molecule has 1 aromatic rings. The van der Waals surface area contributed by atoms with Crippen LogP contribution in [0.1, 0.15) is 30.6 Å². The number of nitrogen functional groups attached to an aromatic ring is 1. The van der Waals surface area contributed by atoms with Crippen molar-refractivity contribution in [3.8, 4) is 0 Å². The normalized spacial score (nSPS) is 9.55. The molecule has 1 aromatic carbocycles. The summed E-state index contributed by atoms with van der Waals surface area (Å²) in [5.74, 6) is -0.0393. The van der Waals surface area contributed by atoms with E-state index < -0.39 is 0 Å². The van der Waals surface area contributed by atoms with Crippen molar-refractivity contribution in [2.24, 2.45) is 0 Å². The molecule has 0 unspecified atom stereocenters. The Bertz CT molecular complexity index is 371. The Morgan fingerprint density at radius 1 is 1.15 bits per heavy atom. The maximum Gasteiger partial charge on any atom is 0.251 e. The van der Waals surface area contributed by atoms with Gasteiger partial charge in [-0.2, -0.15) is 0 Å². The minimum atomic E-state index is -0.0393. The number of carbonyl (C=O) groups is 1. The molecule has 0 spiro atoms. The number of nitrogens with zero attached hydrogens (tertiary/aromatic N) is 1. The Kier molecular flexibility index (Phi) is 12.6. The zero-order valence-electron chi connectivity index (χ0n) is 12.1. The third-order valence-corrected chi connectivity index (χ3v) is 2.87. The highest BCUT2D eigenvalue weighted by Gasteiger charge is 2.05. The number of hydrogen-bond donors (Lipinski definition) is 2. The minimum absolute atomic E-state index is 0. The third kappa shape index (κ3) is 7.58. The van der Waals surface area contributed by atoms with Crippen LogP contribution in [0.3, 0.4) is 0 Å². The van der Waals surface area contributed by atoms with Gasteiger partial charge < -0.3 is 16.0 Å². The average Bonchev–Trinajstić information content (AvgIpc) is 2.38. The fourth-order valence-electron chi connectivity index (χ4n) is 1.81. The Labute approximate surface area is 133 Å². The van der Waals surface area contributed by atoms with E-state index in [9.17, 15) is 4.79 Å². The summed E-state index contributed by atoms with van der Waals surface area (Å²) in [6.07, 6.45) is 1.14. The number of halogens is 2. The lowest BCUT2D eigenvalue weighted by Gasteiger charge is -2.19. The number of nitrogens with two attached hydrogens (primary N) is 1. The number of likely N-dealkylation sites (N-methyl/N-ethyl adjacent to an activating group) is 1. The predicted molar refractivity (Wildman–Crippen MR) is 90.1 cm³/mol. The van der Waals surface area contributed by atoms with E-state index in [4.69, 9.17) is 5.73 Å². The van der Waals surface area contributed by atoms with Gasteiger partial charge in [-0.1, -0.05) is 13.8 Å². The standard InChI is InChI=1S/C14H23N3O.2ClH/c1-3-10-17(4-2)11-9-16-14(18)12-5-7-13(15)8-6-12;;/h5-8H,3-4,9-11,15H2,1-2H3,(H,16,18);2*1H. The minimum Gasteiger partial charge on any atom is -0.399 e. The van der Waals surface area contributed by atoms with Crippen LogP contribution in [-0.4, -0.2) is 37.0 Å². The number of carbonyl (C=O) groups excluding carboxylic acids is 1. The van der Waals surface area contributed by atoms with Crippen LogP contribution in [0.2, 0.25) is 0 Å². The lowest BCUT2D eigenvalue weighted by molar-refractivity contribution is 0.0948. The molecule has 20 heavy (non-hydrogen) atoms. The van der Waals surface area contributed by atoms with E-state index in [1.54, 1.807) is 24.3 Å². The first-order chi connectivity index (χ1) is 8.67. The number of nitrogens with one attached hydrogen (secondary N) is 1. The quantitative estimate of drug-likeness (QED) is 0.759. The van der Waals surface area contributed by atoms with Gasteiger partial charge in [-0.15, -0.1) is 24.8 Å². The predicted octanol–water partition coefficient (Wildman–Crippen LogP) is 2.57. The first-order valence-corrected chi connectivity index (χ1v) is 6.53. The average molecular weight is 322 g/mol. The zero-order valence-corrected chi connectivity index (χ0v) is 13.7. The van der Waals surface area contributed by atoms with Crippen LogP contribution in [0.4, 0.5) is 5.69 Å². The molecule has 0 saturated carbocycles. The second-order valence-electron chi connectivity index (χ2n) is 4.31. The molecule has 0 atom stereocenters. The highest BCUT2D eigenvalue weighted by Crippen LogP contribution is 2.04. The van der Waals surface area contributed by atoms with Crippen molar-refractivity contribution >= 4 is 36.4 Å². The maximum atomic E-state index is 11.8. The van der Waals surface area contributed by atoms with Gasteiger partial charge in [0.25, 0.3) is 5.91 Å². The molecule has 0 saturated heterocycles. The fraction of sp³-hybridized carbons (Fsp3) is 0.500. The van der Waals surface area contributed by atoms with Crippen LogP contribution < -0.4 is 11.1 Å². The van der Waals surface area contributed by atoms with Gasteiger partial charge in [0.05, 0.1) is 0 Å². The maximum absolute atomic E-state index is 11.8. The van der Waals surface area contributed by atoms with Gasteiger partial charge in [0.15, 0.2) is 0 Å². The van der Waals surface area contributed by atoms with Crippen molar-refractivity contribution in [3.63, 3.8) is 0 Å². The Morgan fingerprint density at radius 3 is 2.25 bits per heavy atom. The van der Waals surface area contributed by atoms with Crippen LogP contribution in [0, 0.1) is 0 Å². The molecule has 1 amide bonds.